The van der Waals surface area contributed by atoms with Crippen molar-refractivity contribution in [3.8, 4) is 0 Å². The van der Waals surface area contributed by atoms with Gasteiger partial charge in [0.05, 0.1) is 29.5 Å². The summed E-state index contributed by atoms with van der Waals surface area (Å²) in [5, 5.41) is 10.00. The number of aromatic nitrogens is 2. The average Bonchev–Trinajstić information content (AvgIpc) is 2.86. The van der Waals surface area contributed by atoms with Gasteiger partial charge in [-0.1, -0.05) is 0 Å². The van der Waals surface area contributed by atoms with Crippen LogP contribution in [-0.2, 0) is 0 Å². The Balaban J connectivity index is 2.14. The number of benzene rings is 1. The minimum absolute atomic E-state index is 0.210. The van der Waals surface area contributed by atoms with E-state index in [1.165, 1.54) is 11.1 Å². The first-order chi connectivity index (χ1) is 8.16. The molecule has 90 valence electrons. The molecule has 2 aromatic rings. The summed E-state index contributed by atoms with van der Waals surface area (Å²) in [5.41, 5.74) is 4.74. The van der Waals surface area contributed by atoms with E-state index in [9.17, 15) is 5.11 Å². The lowest BCUT2D eigenvalue weighted by Crippen LogP contribution is -2.17. The molecule has 1 aromatic carbocycles. The van der Waals surface area contributed by atoms with Crippen LogP contribution in [0.4, 0.5) is 0 Å². The van der Waals surface area contributed by atoms with Gasteiger partial charge in [-0.3, -0.25) is 0 Å². The van der Waals surface area contributed by atoms with Crippen LogP contribution in [-0.4, -0.2) is 20.8 Å². The monoisotopic (exact) mass is 230 g/mol. The van der Waals surface area contributed by atoms with Crippen molar-refractivity contribution in [2.24, 2.45) is 0 Å². The van der Waals surface area contributed by atoms with Crippen LogP contribution >= 0.6 is 0 Å². The standard InChI is InChI=1S/C14H18N2O/c1-9-6-11-13(7-10(9)2)16(8-15-11)12-4-3-5-14(12)17/h6-8,12,14,17H,3-5H2,1-2H3/t12-,14-/m0/s1. The number of nitrogens with zero attached hydrogens (tertiary/aromatic N) is 2. The van der Waals surface area contributed by atoms with Gasteiger partial charge in [-0.15, -0.1) is 0 Å². The minimum atomic E-state index is -0.214. The van der Waals surface area contributed by atoms with Crippen LogP contribution in [0.25, 0.3) is 11.0 Å². The Bertz CT molecular complexity index is 559. The van der Waals surface area contributed by atoms with Crippen molar-refractivity contribution in [3.05, 3.63) is 29.6 Å². The van der Waals surface area contributed by atoms with Gasteiger partial charge >= 0.3 is 0 Å². The Morgan fingerprint density at radius 2 is 2.00 bits per heavy atom. The molecule has 1 aromatic heterocycles. The van der Waals surface area contributed by atoms with Crippen LogP contribution in [0.3, 0.4) is 0 Å². The van der Waals surface area contributed by atoms with Crippen LogP contribution < -0.4 is 0 Å². The first kappa shape index (κ1) is 10.8. The quantitative estimate of drug-likeness (QED) is 0.818. The number of aryl methyl sites for hydroxylation is 2. The molecule has 0 saturated heterocycles. The van der Waals surface area contributed by atoms with Gasteiger partial charge in [-0.05, 0) is 56.4 Å². The van der Waals surface area contributed by atoms with Crippen LogP contribution in [0.2, 0.25) is 0 Å². The summed E-state index contributed by atoms with van der Waals surface area (Å²) >= 11 is 0. The zero-order valence-electron chi connectivity index (χ0n) is 10.3. The molecule has 1 fully saturated rings. The minimum Gasteiger partial charge on any atom is -0.391 e. The lowest BCUT2D eigenvalue weighted by atomic mass is 10.1. The smallest absolute Gasteiger partial charge is 0.0961 e. The van der Waals surface area contributed by atoms with E-state index in [4.69, 9.17) is 0 Å². The van der Waals surface area contributed by atoms with Crippen LogP contribution in [0.5, 0.6) is 0 Å². The molecule has 3 rings (SSSR count). The SMILES string of the molecule is Cc1cc2ncn([C@H]3CCC[C@@H]3O)c2cc1C. The molecule has 1 heterocycles. The second-order valence-corrected chi connectivity index (χ2v) is 5.14. The van der Waals surface area contributed by atoms with Gasteiger partial charge < -0.3 is 9.67 Å². The summed E-state index contributed by atoms with van der Waals surface area (Å²) in [4.78, 5) is 4.45. The summed E-state index contributed by atoms with van der Waals surface area (Å²) < 4.78 is 2.15. The van der Waals surface area contributed by atoms with E-state index >= 15 is 0 Å². The molecule has 2 atom stereocenters. The van der Waals surface area contributed by atoms with Gasteiger partial charge in [0.15, 0.2) is 0 Å². The topological polar surface area (TPSA) is 38.0 Å². The van der Waals surface area contributed by atoms with Crippen molar-refractivity contribution in [1.82, 2.24) is 9.55 Å². The van der Waals surface area contributed by atoms with Crippen molar-refractivity contribution >= 4 is 11.0 Å². The van der Waals surface area contributed by atoms with Crippen molar-refractivity contribution in [2.75, 3.05) is 0 Å². The molecule has 3 heteroatoms. The fourth-order valence-corrected chi connectivity index (χ4v) is 2.79. The molecule has 0 aliphatic heterocycles. The Kier molecular flexibility index (Phi) is 2.44. The van der Waals surface area contributed by atoms with E-state index in [2.05, 4.69) is 35.5 Å². The number of imidazole rings is 1. The van der Waals surface area contributed by atoms with E-state index in [1.807, 2.05) is 6.33 Å². The summed E-state index contributed by atoms with van der Waals surface area (Å²) in [6.07, 6.45) is 4.74. The fourth-order valence-electron chi connectivity index (χ4n) is 2.79. The first-order valence-electron chi connectivity index (χ1n) is 6.28. The highest BCUT2D eigenvalue weighted by atomic mass is 16.3. The van der Waals surface area contributed by atoms with Gasteiger partial charge in [0.1, 0.15) is 0 Å². The number of hydrogen-bond donors (Lipinski definition) is 1. The molecule has 1 N–H and O–H groups in total. The van der Waals surface area contributed by atoms with Crippen molar-refractivity contribution in [2.45, 2.75) is 45.3 Å². The molecule has 0 unspecified atom stereocenters. The highest BCUT2D eigenvalue weighted by Gasteiger charge is 2.27. The highest BCUT2D eigenvalue weighted by molar-refractivity contribution is 5.77. The van der Waals surface area contributed by atoms with Gasteiger partial charge in [-0.25, -0.2) is 4.98 Å². The summed E-state index contributed by atoms with van der Waals surface area (Å²) in [6, 6.07) is 4.52. The maximum absolute atomic E-state index is 10.00. The second-order valence-electron chi connectivity index (χ2n) is 5.14. The van der Waals surface area contributed by atoms with E-state index in [-0.39, 0.29) is 12.1 Å². The normalized spacial score (nSPS) is 24.6. The van der Waals surface area contributed by atoms with E-state index < -0.39 is 0 Å². The van der Waals surface area contributed by atoms with E-state index in [0.717, 1.165) is 30.3 Å². The molecular formula is C14H18N2O. The summed E-state index contributed by atoms with van der Waals surface area (Å²) in [6.45, 7) is 4.23. The Labute approximate surface area is 101 Å². The zero-order chi connectivity index (χ0) is 12.0. The predicted octanol–water partition coefficient (Wildman–Crippen LogP) is 2.74. The fraction of sp³-hybridized carbons (Fsp3) is 0.500. The van der Waals surface area contributed by atoms with Crippen molar-refractivity contribution in [1.29, 1.82) is 0 Å². The molecule has 3 nitrogen and oxygen atoms in total. The third kappa shape index (κ3) is 1.65. The maximum atomic E-state index is 10.00. The largest absolute Gasteiger partial charge is 0.391 e. The Morgan fingerprint density at radius 3 is 2.71 bits per heavy atom. The van der Waals surface area contributed by atoms with Gasteiger partial charge in [-0.2, -0.15) is 0 Å². The average molecular weight is 230 g/mol. The van der Waals surface area contributed by atoms with Gasteiger partial charge in [0.25, 0.3) is 0 Å². The molecule has 0 spiro atoms. The van der Waals surface area contributed by atoms with Crippen molar-refractivity contribution < 1.29 is 5.11 Å². The molecule has 17 heavy (non-hydrogen) atoms. The van der Waals surface area contributed by atoms with E-state index in [1.54, 1.807) is 0 Å². The van der Waals surface area contributed by atoms with Crippen LogP contribution in [0.15, 0.2) is 18.5 Å². The molecule has 1 aliphatic rings. The highest BCUT2D eigenvalue weighted by Crippen LogP contribution is 2.33. The second kappa shape index (κ2) is 3.84. The van der Waals surface area contributed by atoms with E-state index in [0.29, 0.717) is 0 Å². The lowest BCUT2D eigenvalue weighted by Gasteiger charge is -2.17. The number of fused-ring (bicyclic) bond motifs is 1. The number of aliphatic hydroxyl groups is 1. The molecular weight excluding hydrogens is 212 g/mol. The molecule has 0 bridgehead atoms. The number of aliphatic hydroxyl groups excluding tert-OH is 1. The number of rotatable bonds is 1. The van der Waals surface area contributed by atoms with Crippen LogP contribution in [0, 0.1) is 13.8 Å². The molecule has 0 radical (unpaired) electrons. The Morgan fingerprint density at radius 1 is 1.24 bits per heavy atom. The Hall–Kier alpha value is -1.35. The molecule has 1 aliphatic carbocycles. The first-order valence-corrected chi connectivity index (χ1v) is 6.28. The third-order valence-electron chi connectivity index (χ3n) is 3.99. The summed E-state index contributed by atoms with van der Waals surface area (Å²) in [5.74, 6) is 0. The zero-order valence-corrected chi connectivity index (χ0v) is 10.3. The number of hydrogen-bond acceptors (Lipinski definition) is 2. The van der Waals surface area contributed by atoms with Crippen molar-refractivity contribution in [3.63, 3.8) is 0 Å². The molecule has 0 amide bonds. The lowest BCUT2D eigenvalue weighted by molar-refractivity contribution is 0.138. The van der Waals surface area contributed by atoms with Crippen LogP contribution in [0.1, 0.15) is 36.4 Å². The summed E-state index contributed by atoms with van der Waals surface area (Å²) in [7, 11) is 0. The predicted molar refractivity (Wildman–Crippen MR) is 68.1 cm³/mol. The van der Waals surface area contributed by atoms with Gasteiger partial charge in [0, 0.05) is 0 Å². The molecule has 1 saturated carbocycles. The van der Waals surface area contributed by atoms with Gasteiger partial charge in [0.2, 0.25) is 0 Å². The third-order valence-corrected chi connectivity index (χ3v) is 3.99. The maximum Gasteiger partial charge on any atom is 0.0961 e.